The van der Waals surface area contributed by atoms with Gasteiger partial charge in [-0.15, -0.1) is 0 Å². The average molecular weight is 1210 g/mol. The number of carbonyl (C=O) groups is 9. The van der Waals surface area contributed by atoms with Crippen molar-refractivity contribution in [2.24, 2.45) is 5.92 Å². The number of unbranched alkanes of at least 4 members (excludes halogenated alkanes) is 2. The minimum absolute atomic E-state index is 0.0462. The highest BCUT2D eigenvalue weighted by Crippen LogP contribution is 2.47. The van der Waals surface area contributed by atoms with E-state index in [0.717, 1.165) is 34.9 Å². The highest BCUT2D eigenvalue weighted by Gasteiger charge is 2.49. The van der Waals surface area contributed by atoms with Crippen LogP contribution in [0, 0.1) is 18.7 Å². The minimum atomic E-state index is -1.79. The lowest BCUT2D eigenvalue weighted by Crippen LogP contribution is -2.52. The van der Waals surface area contributed by atoms with Crippen molar-refractivity contribution >= 4 is 70.0 Å². The Kier molecular flexibility index (Phi) is 20.1. The third kappa shape index (κ3) is 14.2. The third-order valence-electron chi connectivity index (χ3n) is 16.8. The zero-order chi connectivity index (χ0) is 63.0. The largest absolute Gasteiger partial charge is 0.458 e. The first kappa shape index (κ1) is 63.6. The molecule has 3 aliphatic heterocycles. The number of fused-ring (bicyclic) bond motifs is 5. The Hall–Kier alpha value is -8.90. The number of hydrogen-bond donors (Lipinski definition) is 5. The van der Waals surface area contributed by atoms with Crippen LogP contribution in [0.3, 0.4) is 0 Å². The molecule has 9 rings (SSSR count). The molecule has 0 bridgehead atoms. The number of pyridine rings is 2. The molecule has 1 saturated heterocycles. The summed E-state index contributed by atoms with van der Waals surface area (Å²) in [5.41, 5.74) is 5.08. The Bertz CT molecular complexity index is 3610. The molecule has 4 atom stereocenters. The number of aryl methyl sites for hydroxylation is 1. The van der Waals surface area contributed by atoms with E-state index in [4.69, 9.17) is 19.2 Å². The van der Waals surface area contributed by atoms with Crippen LogP contribution in [-0.2, 0) is 90.8 Å². The molecule has 1 unspecified atom stereocenters. The normalized spacial score (nSPS) is 17.6. The maximum atomic E-state index is 15.3. The zero-order valence-corrected chi connectivity index (χ0v) is 50.4. The maximum Gasteiger partial charge on any atom is 0.411 e. The van der Waals surface area contributed by atoms with E-state index in [1.807, 2.05) is 19.0 Å². The van der Waals surface area contributed by atoms with Crippen LogP contribution >= 0.6 is 0 Å². The first-order chi connectivity index (χ1) is 42.2. The van der Waals surface area contributed by atoms with Gasteiger partial charge in [-0.25, -0.2) is 19.0 Å². The van der Waals surface area contributed by atoms with Crippen LogP contribution < -0.4 is 32.1 Å². The van der Waals surface area contributed by atoms with Gasteiger partial charge in [-0.05, 0) is 105 Å². The number of imide groups is 1. The number of likely N-dealkylation sites (N-methyl/N-ethyl adjacent to an activating group) is 1. The monoisotopic (exact) mass is 1210 g/mol. The summed E-state index contributed by atoms with van der Waals surface area (Å²) in [6.45, 7) is 6.22. The first-order valence-electron chi connectivity index (χ1n) is 29.8. The number of rotatable bonds is 26. The van der Waals surface area contributed by atoms with Crippen molar-refractivity contribution in [2.75, 3.05) is 65.4 Å². The lowest BCUT2D eigenvalue weighted by Gasteiger charge is -2.37. The molecule has 1 fully saturated rings. The van der Waals surface area contributed by atoms with E-state index >= 15 is 4.39 Å². The molecule has 23 nitrogen and oxygen atoms in total. The summed E-state index contributed by atoms with van der Waals surface area (Å²) in [6, 6.07) is 17.4. The number of aromatic nitrogens is 2. The Labute approximate surface area is 508 Å². The lowest BCUT2D eigenvalue weighted by molar-refractivity contribution is -0.187. The van der Waals surface area contributed by atoms with E-state index in [9.17, 15) is 47.9 Å². The van der Waals surface area contributed by atoms with Crippen molar-refractivity contribution in [1.29, 1.82) is 0 Å². The number of benzene rings is 3. The molecule has 24 heteroatoms. The topological polar surface area (TPSA) is 286 Å². The molecule has 0 saturated carbocycles. The van der Waals surface area contributed by atoms with E-state index in [-0.39, 0.29) is 105 Å². The van der Waals surface area contributed by atoms with Gasteiger partial charge in [0.25, 0.3) is 5.56 Å². The number of carbonyl (C=O) groups excluding carboxylic acids is 9. The van der Waals surface area contributed by atoms with Crippen molar-refractivity contribution < 1.29 is 61.8 Å². The molecule has 4 aliphatic rings. The van der Waals surface area contributed by atoms with Crippen LogP contribution in [0.25, 0.3) is 22.3 Å². The fraction of sp³-hybridized carbons (Fsp3) is 0.453. The number of anilines is 1. The van der Waals surface area contributed by atoms with Crippen LogP contribution in [0.2, 0.25) is 0 Å². The number of halogens is 1. The highest BCUT2D eigenvalue weighted by atomic mass is 19.1. The molecule has 466 valence electrons. The molecule has 1 aliphatic carbocycles. The van der Waals surface area contributed by atoms with E-state index in [2.05, 4.69) is 33.5 Å². The summed E-state index contributed by atoms with van der Waals surface area (Å²) in [5, 5.41) is 13.7. The van der Waals surface area contributed by atoms with Gasteiger partial charge in [-0.1, -0.05) is 69.7 Å². The molecule has 0 radical (unpaired) electrons. The summed E-state index contributed by atoms with van der Waals surface area (Å²) in [5.74, 6) is -4.58. The van der Waals surface area contributed by atoms with Gasteiger partial charge >= 0.3 is 12.1 Å². The molecular formula is C64H75FN10O13. The second kappa shape index (κ2) is 27.9. The summed E-state index contributed by atoms with van der Waals surface area (Å²) in [7, 11) is 3.67. The van der Waals surface area contributed by atoms with E-state index in [1.165, 1.54) is 15.9 Å². The van der Waals surface area contributed by atoms with Crippen molar-refractivity contribution in [3.63, 3.8) is 0 Å². The van der Waals surface area contributed by atoms with Gasteiger partial charge in [-0.3, -0.25) is 48.2 Å². The molecule has 2 aromatic heterocycles. The van der Waals surface area contributed by atoms with Crippen molar-refractivity contribution in [3.05, 3.63) is 127 Å². The van der Waals surface area contributed by atoms with Crippen LogP contribution in [0.15, 0.2) is 71.5 Å². The Morgan fingerprint density at radius 3 is 2.27 bits per heavy atom. The Morgan fingerprint density at radius 1 is 0.830 bits per heavy atom. The van der Waals surface area contributed by atoms with E-state index in [1.54, 1.807) is 86.0 Å². The van der Waals surface area contributed by atoms with Gasteiger partial charge in [0, 0.05) is 73.1 Å². The van der Waals surface area contributed by atoms with Gasteiger partial charge in [0.05, 0.1) is 48.6 Å². The molecule has 88 heavy (non-hydrogen) atoms. The van der Waals surface area contributed by atoms with E-state index in [0.29, 0.717) is 77.2 Å². The predicted octanol–water partition coefficient (Wildman–Crippen LogP) is 4.73. The number of likely N-dealkylation sites (tertiary alicyclic amines) is 1. The second-order valence-electron chi connectivity index (χ2n) is 23.2. The van der Waals surface area contributed by atoms with Gasteiger partial charge in [-0.2, -0.15) is 0 Å². The summed E-state index contributed by atoms with van der Waals surface area (Å²) < 4.78 is 34.9. The zero-order valence-electron chi connectivity index (χ0n) is 50.4. The number of nitrogens with one attached hydrogen (secondary N) is 5. The number of ether oxygens (including phenoxy) is 3. The minimum Gasteiger partial charge on any atom is -0.458 e. The molecule has 5 N–H and O–H groups in total. The smallest absolute Gasteiger partial charge is 0.411 e. The third-order valence-corrected chi connectivity index (χ3v) is 16.8. The van der Waals surface area contributed by atoms with Gasteiger partial charge in [0.15, 0.2) is 5.60 Å². The molecule has 3 aromatic carbocycles. The maximum absolute atomic E-state index is 15.3. The summed E-state index contributed by atoms with van der Waals surface area (Å²) >= 11 is 0. The fourth-order valence-corrected chi connectivity index (χ4v) is 11.8. The average Bonchev–Trinajstić information content (AvgIpc) is 2.02. The number of hydrogen-bond acceptors (Lipinski definition) is 15. The van der Waals surface area contributed by atoms with E-state index < -0.39 is 67.2 Å². The number of cyclic esters (lactones) is 1. The van der Waals surface area contributed by atoms with Gasteiger partial charge in [0.2, 0.25) is 41.4 Å². The second-order valence-corrected chi connectivity index (χ2v) is 23.2. The SMILES string of the molecule is CC[C@@]1(OCN(CCN(C)C)C(=O)OCc2ccc(NC(=O)CNC(=O)[C@H](Cc3ccccc3)NC(=O)CNC(=O)CNC(=O)CCCCCN3C(=O)CC(C)C3=O)cc2)C(=O)OCc2c1cc1n(c2=O)Cc2c-1nc1cc(F)c(C)c3c1c2[C@@H](C)CC3. The van der Waals surface area contributed by atoms with Gasteiger partial charge < -0.3 is 50.3 Å². The number of esters is 1. The highest BCUT2D eigenvalue weighted by molar-refractivity contribution is 6.03. The standard InChI is InChI=1S/C64H75FN10O13/c1-7-64(46-28-50-58-44(33-75(50)61(83)45(46)35-86-62(64)84)56-37(2)17-22-43-39(4)47(65)29-48(71-58)57(43)56)88-36-73(25-24-72(5)6)63(85)87-34-41-18-20-42(21-19-41)69-53(78)32-68-59(81)49(27-40-14-10-8-11-15-40)70-54(79)31-67-52(77)30-66-51(76)16-12-9-13-23-74-55(80)26-38(3)60(74)82/h8,10-11,14-15,18-21,28-29,37-38,49H,7,9,12-13,16-17,22-27,30-36H2,1-6H3,(H,66,76)(H,67,77)(H,68,81)(H,69,78)(H,70,79)/t37-,38?,49-,64-/m0/s1. The molecule has 0 spiro atoms. The van der Waals surface area contributed by atoms with Crippen LogP contribution in [-0.4, -0.2) is 144 Å². The number of nitrogens with zero attached hydrogens (tertiary/aromatic N) is 5. The van der Waals surface area contributed by atoms with Crippen molar-refractivity contribution in [1.82, 2.24) is 45.5 Å². The first-order valence-corrected chi connectivity index (χ1v) is 29.8. The van der Waals surface area contributed by atoms with Crippen LogP contribution in [0.5, 0.6) is 0 Å². The summed E-state index contributed by atoms with van der Waals surface area (Å²) in [4.78, 5) is 140. The molecule has 8 amide bonds. The van der Waals surface area contributed by atoms with Crippen LogP contribution in [0.1, 0.15) is 116 Å². The van der Waals surface area contributed by atoms with Crippen molar-refractivity contribution in [3.8, 4) is 11.4 Å². The molecule has 5 heterocycles. The van der Waals surface area contributed by atoms with Crippen LogP contribution in [0.4, 0.5) is 14.9 Å². The fourth-order valence-electron chi connectivity index (χ4n) is 11.8. The Morgan fingerprint density at radius 2 is 1.56 bits per heavy atom. The lowest BCUT2D eigenvalue weighted by atomic mass is 9.79. The molecular weight excluding hydrogens is 1140 g/mol. The summed E-state index contributed by atoms with van der Waals surface area (Å²) in [6.07, 6.45) is 2.86. The van der Waals surface area contributed by atoms with Crippen molar-refractivity contribution in [2.45, 2.75) is 123 Å². The quantitative estimate of drug-likeness (QED) is 0.0212. The van der Waals surface area contributed by atoms with Gasteiger partial charge in [0.1, 0.15) is 31.8 Å². The number of amides is 8. The predicted molar refractivity (Wildman–Crippen MR) is 320 cm³/mol. The Balaban J connectivity index is 0.760. The molecule has 5 aromatic rings.